The van der Waals surface area contributed by atoms with Crippen molar-refractivity contribution in [3.63, 3.8) is 0 Å². The molecule has 1 fully saturated rings. The van der Waals surface area contributed by atoms with E-state index in [0.717, 1.165) is 25.9 Å². The van der Waals surface area contributed by atoms with Crippen LogP contribution < -0.4 is 9.62 Å². The topological polar surface area (TPSA) is 75.2 Å². The van der Waals surface area contributed by atoms with Crippen molar-refractivity contribution in [2.75, 3.05) is 22.7 Å². The molecular formula is C14H18N4O2S2. The van der Waals surface area contributed by atoms with Gasteiger partial charge in [-0.05, 0) is 38.1 Å². The number of aromatic nitrogens is 2. The maximum Gasteiger partial charge on any atom is 0.271 e. The van der Waals surface area contributed by atoms with Crippen LogP contribution in [-0.4, -0.2) is 31.5 Å². The zero-order valence-electron chi connectivity index (χ0n) is 12.5. The zero-order valence-corrected chi connectivity index (χ0v) is 14.2. The van der Waals surface area contributed by atoms with Crippen molar-refractivity contribution in [2.45, 2.75) is 30.9 Å². The number of aryl methyl sites for hydroxylation is 2. The highest BCUT2D eigenvalue weighted by Gasteiger charge is 2.21. The van der Waals surface area contributed by atoms with E-state index >= 15 is 0 Å². The van der Waals surface area contributed by atoms with Gasteiger partial charge in [-0.1, -0.05) is 6.07 Å². The fourth-order valence-electron chi connectivity index (χ4n) is 2.51. The van der Waals surface area contributed by atoms with E-state index < -0.39 is 10.0 Å². The summed E-state index contributed by atoms with van der Waals surface area (Å²) in [6.07, 6.45) is 2.29. The SMILES string of the molecule is Cc1nc(N2CCCC2)nc(C)c1NS(=O)(=O)c1cccs1. The summed E-state index contributed by atoms with van der Waals surface area (Å²) in [7, 11) is -3.57. The molecule has 2 aromatic heterocycles. The molecule has 0 unspecified atom stereocenters. The number of hydrogen-bond acceptors (Lipinski definition) is 6. The van der Waals surface area contributed by atoms with Crippen molar-refractivity contribution >= 4 is 33.0 Å². The van der Waals surface area contributed by atoms with Crippen LogP contribution in [0.3, 0.4) is 0 Å². The highest BCUT2D eigenvalue weighted by Crippen LogP contribution is 2.26. The van der Waals surface area contributed by atoms with E-state index in [1.54, 1.807) is 31.4 Å². The van der Waals surface area contributed by atoms with Crippen molar-refractivity contribution in [2.24, 2.45) is 0 Å². The predicted octanol–water partition coefficient (Wildman–Crippen LogP) is 2.56. The minimum atomic E-state index is -3.57. The van der Waals surface area contributed by atoms with Crippen LogP contribution in [0.4, 0.5) is 11.6 Å². The standard InChI is InChI=1S/C14H18N4O2S2/c1-10-13(17-22(19,20)12-6-5-9-21-12)11(2)16-14(15-10)18-7-3-4-8-18/h5-6,9,17H,3-4,7-8H2,1-2H3. The van der Waals surface area contributed by atoms with Crippen molar-refractivity contribution < 1.29 is 8.42 Å². The van der Waals surface area contributed by atoms with Gasteiger partial charge in [0.15, 0.2) is 0 Å². The van der Waals surface area contributed by atoms with E-state index in [1.807, 2.05) is 0 Å². The van der Waals surface area contributed by atoms with Gasteiger partial charge in [-0.3, -0.25) is 4.72 Å². The number of rotatable bonds is 4. The van der Waals surface area contributed by atoms with Gasteiger partial charge in [0.1, 0.15) is 4.21 Å². The third-order valence-electron chi connectivity index (χ3n) is 3.64. The molecule has 22 heavy (non-hydrogen) atoms. The second-order valence-corrected chi connectivity index (χ2v) is 8.16. The fraction of sp³-hybridized carbons (Fsp3) is 0.429. The summed E-state index contributed by atoms with van der Waals surface area (Å²) in [4.78, 5) is 11.1. The van der Waals surface area contributed by atoms with Gasteiger partial charge in [0.25, 0.3) is 10.0 Å². The Morgan fingerprint density at radius 1 is 1.18 bits per heavy atom. The van der Waals surface area contributed by atoms with Gasteiger partial charge >= 0.3 is 0 Å². The first-order valence-electron chi connectivity index (χ1n) is 7.14. The molecule has 0 aliphatic carbocycles. The minimum Gasteiger partial charge on any atom is -0.341 e. The lowest BCUT2D eigenvalue weighted by molar-refractivity contribution is 0.603. The molecule has 3 rings (SSSR count). The third kappa shape index (κ3) is 2.93. The first kappa shape index (κ1) is 15.2. The Morgan fingerprint density at radius 2 is 1.82 bits per heavy atom. The number of thiophene rings is 1. The smallest absolute Gasteiger partial charge is 0.271 e. The van der Waals surface area contributed by atoms with Crippen LogP contribution in [0.1, 0.15) is 24.2 Å². The van der Waals surface area contributed by atoms with Crippen molar-refractivity contribution in [3.05, 3.63) is 28.9 Å². The van der Waals surface area contributed by atoms with Crippen LogP contribution in [0.15, 0.2) is 21.7 Å². The second-order valence-electron chi connectivity index (χ2n) is 5.30. The largest absolute Gasteiger partial charge is 0.341 e. The molecule has 1 saturated heterocycles. The summed E-state index contributed by atoms with van der Waals surface area (Å²) in [5, 5.41) is 1.74. The van der Waals surface area contributed by atoms with Gasteiger partial charge < -0.3 is 4.90 Å². The Labute approximate surface area is 134 Å². The molecule has 8 heteroatoms. The van der Waals surface area contributed by atoms with Crippen LogP contribution in [0.2, 0.25) is 0 Å². The predicted molar refractivity (Wildman–Crippen MR) is 88.1 cm³/mol. The van der Waals surface area contributed by atoms with Crippen LogP contribution >= 0.6 is 11.3 Å². The molecule has 0 bridgehead atoms. The molecule has 2 aromatic rings. The number of nitrogens with one attached hydrogen (secondary N) is 1. The van der Waals surface area contributed by atoms with Gasteiger partial charge in [-0.25, -0.2) is 18.4 Å². The van der Waals surface area contributed by atoms with E-state index in [9.17, 15) is 8.42 Å². The van der Waals surface area contributed by atoms with Gasteiger partial charge in [0.05, 0.1) is 17.1 Å². The highest BCUT2D eigenvalue weighted by atomic mass is 32.2. The lowest BCUT2D eigenvalue weighted by atomic mass is 10.3. The highest BCUT2D eigenvalue weighted by molar-refractivity contribution is 7.94. The van der Waals surface area contributed by atoms with Crippen molar-refractivity contribution in [3.8, 4) is 0 Å². The van der Waals surface area contributed by atoms with Gasteiger partial charge in [-0.15, -0.1) is 11.3 Å². The maximum absolute atomic E-state index is 12.3. The van der Waals surface area contributed by atoms with Crippen molar-refractivity contribution in [1.82, 2.24) is 9.97 Å². The lowest BCUT2D eigenvalue weighted by Gasteiger charge is -2.18. The van der Waals surface area contributed by atoms with E-state index in [-0.39, 0.29) is 4.21 Å². The number of nitrogens with zero attached hydrogens (tertiary/aromatic N) is 3. The summed E-state index contributed by atoms with van der Waals surface area (Å²) in [6, 6.07) is 3.29. The van der Waals surface area contributed by atoms with Gasteiger partial charge in [0.2, 0.25) is 5.95 Å². The number of hydrogen-bond donors (Lipinski definition) is 1. The molecule has 0 radical (unpaired) electrons. The lowest BCUT2D eigenvalue weighted by Crippen LogP contribution is -2.22. The van der Waals surface area contributed by atoms with Crippen LogP contribution in [0, 0.1) is 13.8 Å². The normalized spacial score (nSPS) is 15.3. The van der Waals surface area contributed by atoms with Gasteiger partial charge in [-0.2, -0.15) is 0 Å². The van der Waals surface area contributed by atoms with Crippen molar-refractivity contribution in [1.29, 1.82) is 0 Å². The summed E-state index contributed by atoms with van der Waals surface area (Å²) in [5.41, 5.74) is 1.76. The molecule has 118 valence electrons. The minimum absolute atomic E-state index is 0.287. The molecule has 1 N–H and O–H groups in total. The molecule has 6 nitrogen and oxygen atoms in total. The quantitative estimate of drug-likeness (QED) is 0.927. The molecule has 3 heterocycles. The van der Waals surface area contributed by atoms with E-state index in [0.29, 0.717) is 23.0 Å². The summed E-state index contributed by atoms with van der Waals surface area (Å²) >= 11 is 1.18. The summed E-state index contributed by atoms with van der Waals surface area (Å²) < 4.78 is 27.6. The van der Waals surface area contributed by atoms with Crippen LogP contribution in [0.25, 0.3) is 0 Å². The Kier molecular flexibility index (Phi) is 4.05. The zero-order chi connectivity index (χ0) is 15.7. The Bertz CT molecular complexity index is 743. The molecule has 1 aliphatic rings. The number of anilines is 2. The maximum atomic E-state index is 12.3. The first-order chi connectivity index (χ1) is 10.5. The average molecular weight is 338 g/mol. The molecule has 0 amide bonds. The molecule has 1 aliphatic heterocycles. The fourth-order valence-corrected chi connectivity index (χ4v) is 4.68. The van der Waals surface area contributed by atoms with Crippen LogP contribution in [0.5, 0.6) is 0 Å². The molecule has 0 saturated carbocycles. The molecule has 0 atom stereocenters. The van der Waals surface area contributed by atoms with Crippen LogP contribution in [-0.2, 0) is 10.0 Å². The molecule has 0 aromatic carbocycles. The summed E-state index contributed by atoms with van der Waals surface area (Å²) in [5.74, 6) is 0.687. The second kappa shape index (κ2) is 5.85. The van der Waals surface area contributed by atoms with E-state index in [4.69, 9.17) is 0 Å². The summed E-state index contributed by atoms with van der Waals surface area (Å²) in [6.45, 7) is 5.53. The number of sulfonamides is 1. The Hall–Kier alpha value is -1.67. The molecule has 0 spiro atoms. The van der Waals surface area contributed by atoms with E-state index in [2.05, 4.69) is 19.6 Å². The third-order valence-corrected chi connectivity index (χ3v) is 6.39. The Morgan fingerprint density at radius 3 is 2.36 bits per heavy atom. The monoisotopic (exact) mass is 338 g/mol. The van der Waals surface area contributed by atoms with Gasteiger partial charge in [0, 0.05) is 13.1 Å². The molecular weight excluding hydrogens is 320 g/mol. The Balaban J connectivity index is 1.91. The first-order valence-corrected chi connectivity index (χ1v) is 9.50. The average Bonchev–Trinajstić information content (AvgIpc) is 3.14. The van der Waals surface area contributed by atoms with E-state index in [1.165, 1.54) is 11.3 Å².